The third-order valence-electron chi connectivity index (χ3n) is 3.41. The average Bonchev–Trinajstić information content (AvgIpc) is 2.55. The largest absolute Gasteiger partial charge is 0.486 e. The van der Waals surface area contributed by atoms with Gasteiger partial charge in [0.05, 0.1) is 0 Å². The Hall–Kier alpha value is -2.82. The number of ether oxygens (including phenoxy) is 2. The summed E-state index contributed by atoms with van der Waals surface area (Å²) < 4.78 is 11.0. The number of rotatable bonds is 4. The molecule has 0 bridgehead atoms. The summed E-state index contributed by atoms with van der Waals surface area (Å²) in [5.74, 6) is 1.38. The zero-order chi connectivity index (χ0) is 15.4. The Balaban J connectivity index is 1.84. The summed E-state index contributed by atoms with van der Waals surface area (Å²) in [6.07, 6.45) is 3.32. The zero-order valence-corrected chi connectivity index (χ0v) is 11.8. The summed E-state index contributed by atoms with van der Waals surface area (Å²) in [6, 6.07) is 13.6. The van der Waals surface area contributed by atoms with Crippen LogP contribution in [0.1, 0.15) is 17.2 Å². The van der Waals surface area contributed by atoms with Crippen molar-refractivity contribution in [2.45, 2.75) is 6.04 Å². The van der Waals surface area contributed by atoms with Crippen molar-refractivity contribution in [2.75, 3.05) is 13.2 Å². The van der Waals surface area contributed by atoms with Gasteiger partial charge in [-0.3, -0.25) is 10.1 Å². The molecule has 5 heteroatoms. The maximum Gasteiger partial charge on any atom is 0.256 e. The highest BCUT2D eigenvalue weighted by Crippen LogP contribution is 2.31. The summed E-state index contributed by atoms with van der Waals surface area (Å²) in [5.41, 5.74) is 1.49. The fraction of sp³-hybridized carbons (Fsp3) is 0.176. The molecule has 112 valence electrons. The van der Waals surface area contributed by atoms with Crippen LogP contribution in [0, 0.1) is 10.1 Å². The highest BCUT2D eigenvalue weighted by Gasteiger charge is 2.18. The highest BCUT2D eigenvalue weighted by molar-refractivity contribution is 5.56. The lowest BCUT2D eigenvalue weighted by Crippen LogP contribution is -2.15. The Bertz CT molecular complexity index is 697. The molecule has 1 aliphatic heterocycles. The van der Waals surface area contributed by atoms with E-state index < -0.39 is 6.04 Å². The molecule has 0 N–H and O–H groups in total. The van der Waals surface area contributed by atoms with Crippen LogP contribution < -0.4 is 9.47 Å². The highest BCUT2D eigenvalue weighted by atomic mass is 16.6. The zero-order valence-electron chi connectivity index (χ0n) is 11.8. The Morgan fingerprint density at radius 1 is 1.05 bits per heavy atom. The molecule has 0 radical (unpaired) electrons. The van der Waals surface area contributed by atoms with Crippen molar-refractivity contribution in [3.05, 3.63) is 75.8 Å². The van der Waals surface area contributed by atoms with E-state index in [-0.39, 0.29) is 4.92 Å². The van der Waals surface area contributed by atoms with E-state index >= 15 is 0 Å². The van der Waals surface area contributed by atoms with Crippen molar-refractivity contribution in [1.29, 1.82) is 0 Å². The molecule has 22 heavy (non-hydrogen) atoms. The van der Waals surface area contributed by atoms with Crippen molar-refractivity contribution in [3.8, 4) is 11.5 Å². The summed E-state index contributed by atoms with van der Waals surface area (Å²) in [5, 5.41) is 11.3. The lowest BCUT2D eigenvalue weighted by Gasteiger charge is -2.18. The van der Waals surface area contributed by atoms with Crippen molar-refractivity contribution in [3.63, 3.8) is 0 Å². The number of fused-ring (bicyclic) bond motifs is 1. The minimum Gasteiger partial charge on any atom is -0.486 e. The van der Waals surface area contributed by atoms with Gasteiger partial charge in [0.2, 0.25) is 0 Å². The van der Waals surface area contributed by atoms with Crippen LogP contribution in [0.3, 0.4) is 0 Å². The van der Waals surface area contributed by atoms with Crippen LogP contribution >= 0.6 is 0 Å². The predicted octanol–water partition coefficient (Wildman–Crippen LogP) is 3.49. The maximum absolute atomic E-state index is 11.3. The average molecular weight is 297 g/mol. The van der Waals surface area contributed by atoms with Gasteiger partial charge in [0.25, 0.3) is 6.04 Å². The van der Waals surface area contributed by atoms with Crippen LogP contribution in [0.4, 0.5) is 0 Å². The van der Waals surface area contributed by atoms with Gasteiger partial charge >= 0.3 is 0 Å². The van der Waals surface area contributed by atoms with Crippen LogP contribution in [0.5, 0.6) is 11.5 Å². The van der Waals surface area contributed by atoms with E-state index in [2.05, 4.69) is 0 Å². The molecule has 1 unspecified atom stereocenters. The Morgan fingerprint density at radius 2 is 1.77 bits per heavy atom. The minimum atomic E-state index is -0.866. The molecule has 0 aromatic heterocycles. The molecule has 0 aliphatic carbocycles. The summed E-state index contributed by atoms with van der Waals surface area (Å²) >= 11 is 0. The van der Waals surface area contributed by atoms with E-state index in [0.717, 1.165) is 5.56 Å². The molecule has 0 saturated carbocycles. The normalized spacial score (nSPS) is 14.7. The van der Waals surface area contributed by atoms with Gasteiger partial charge in [0.1, 0.15) is 13.2 Å². The first-order valence-corrected chi connectivity index (χ1v) is 7.00. The molecule has 2 aromatic carbocycles. The van der Waals surface area contributed by atoms with Gasteiger partial charge in [0, 0.05) is 10.5 Å². The van der Waals surface area contributed by atoms with E-state index in [1.165, 1.54) is 0 Å². The number of benzene rings is 2. The molecule has 0 spiro atoms. The fourth-order valence-electron chi connectivity index (χ4n) is 2.32. The third-order valence-corrected chi connectivity index (χ3v) is 3.41. The monoisotopic (exact) mass is 297 g/mol. The minimum absolute atomic E-state index is 0.302. The quantitative estimate of drug-likeness (QED) is 0.640. The topological polar surface area (TPSA) is 61.6 Å². The first-order chi connectivity index (χ1) is 10.7. The standard InChI is InChI=1S/C17H15NO4/c19-18(20)15(14-4-2-1-3-5-14)8-6-13-7-9-16-17(12-13)22-11-10-21-16/h1-9,12,15H,10-11H2. The van der Waals surface area contributed by atoms with Crippen molar-refractivity contribution < 1.29 is 14.4 Å². The Morgan fingerprint density at radius 3 is 2.50 bits per heavy atom. The summed E-state index contributed by atoms with van der Waals surface area (Å²) in [6.45, 7) is 1.06. The first kappa shape index (κ1) is 14.1. The van der Waals surface area contributed by atoms with Crippen LogP contribution in [0.15, 0.2) is 54.6 Å². The molecule has 0 fully saturated rings. The van der Waals surface area contributed by atoms with Gasteiger partial charge in [-0.05, 0) is 23.8 Å². The van der Waals surface area contributed by atoms with Crippen molar-refractivity contribution >= 4 is 6.08 Å². The molecule has 5 nitrogen and oxygen atoms in total. The van der Waals surface area contributed by atoms with Gasteiger partial charge in [-0.1, -0.05) is 42.5 Å². The SMILES string of the molecule is O=[N+]([O-])C(C=Cc1ccc2c(c1)OCCO2)c1ccccc1. The second kappa shape index (κ2) is 6.30. The molecular weight excluding hydrogens is 282 g/mol. The lowest BCUT2D eigenvalue weighted by atomic mass is 10.1. The second-order valence-electron chi connectivity index (χ2n) is 4.90. The van der Waals surface area contributed by atoms with Gasteiger partial charge in [-0.2, -0.15) is 0 Å². The number of hydrogen-bond donors (Lipinski definition) is 0. The van der Waals surface area contributed by atoms with Crippen molar-refractivity contribution in [2.24, 2.45) is 0 Å². The lowest BCUT2D eigenvalue weighted by molar-refractivity contribution is -0.515. The van der Waals surface area contributed by atoms with E-state index in [9.17, 15) is 10.1 Å². The Kier molecular flexibility index (Phi) is 4.05. The number of nitrogens with zero attached hydrogens (tertiary/aromatic N) is 1. The second-order valence-corrected chi connectivity index (χ2v) is 4.90. The molecule has 2 aromatic rings. The fourth-order valence-corrected chi connectivity index (χ4v) is 2.32. The van der Waals surface area contributed by atoms with Crippen LogP contribution in [-0.2, 0) is 0 Å². The summed E-state index contributed by atoms with van der Waals surface area (Å²) in [7, 11) is 0. The van der Waals surface area contributed by atoms with Gasteiger partial charge < -0.3 is 9.47 Å². The van der Waals surface area contributed by atoms with Crippen LogP contribution in [-0.4, -0.2) is 18.1 Å². The van der Waals surface area contributed by atoms with E-state index in [0.29, 0.717) is 30.3 Å². The smallest absolute Gasteiger partial charge is 0.256 e. The molecular formula is C17H15NO4. The van der Waals surface area contributed by atoms with Gasteiger partial charge in [0.15, 0.2) is 11.5 Å². The van der Waals surface area contributed by atoms with Gasteiger partial charge in [-0.15, -0.1) is 0 Å². The Labute approximate surface area is 127 Å². The van der Waals surface area contributed by atoms with Crippen LogP contribution in [0.25, 0.3) is 6.08 Å². The van der Waals surface area contributed by atoms with Gasteiger partial charge in [-0.25, -0.2) is 0 Å². The first-order valence-electron chi connectivity index (χ1n) is 7.00. The predicted molar refractivity (Wildman–Crippen MR) is 82.6 cm³/mol. The van der Waals surface area contributed by atoms with E-state index in [1.807, 2.05) is 24.3 Å². The van der Waals surface area contributed by atoms with E-state index in [4.69, 9.17) is 9.47 Å². The third kappa shape index (κ3) is 3.09. The summed E-state index contributed by atoms with van der Waals surface area (Å²) in [4.78, 5) is 11.0. The molecule has 1 aliphatic rings. The molecule has 1 atom stereocenters. The van der Waals surface area contributed by atoms with Crippen LogP contribution in [0.2, 0.25) is 0 Å². The molecule has 1 heterocycles. The van der Waals surface area contributed by atoms with Crippen molar-refractivity contribution in [1.82, 2.24) is 0 Å². The maximum atomic E-state index is 11.3. The number of nitro groups is 1. The molecule has 0 amide bonds. The number of hydrogen-bond acceptors (Lipinski definition) is 4. The van der Waals surface area contributed by atoms with E-state index in [1.54, 1.807) is 36.4 Å². The molecule has 0 saturated heterocycles. The molecule has 3 rings (SSSR count).